The van der Waals surface area contributed by atoms with Crippen LogP contribution in [0.3, 0.4) is 0 Å². The molecule has 6 nitrogen and oxygen atoms in total. The minimum atomic E-state index is 0.0172. The third-order valence-electron chi connectivity index (χ3n) is 5.31. The number of likely N-dealkylation sites (tertiary alicyclic amines) is 1. The first-order valence-corrected chi connectivity index (χ1v) is 11.3. The van der Waals surface area contributed by atoms with Crippen LogP contribution in [0.15, 0.2) is 72.1 Å². The maximum Gasteiger partial charge on any atom is 0.255 e. The van der Waals surface area contributed by atoms with E-state index >= 15 is 0 Å². The van der Waals surface area contributed by atoms with Gasteiger partial charge in [-0.2, -0.15) is 5.10 Å². The molecule has 0 aliphatic carbocycles. The monoisotopic (exact) mass is 449 g/mol. The first-order valence-electron chi connectivity index (χ1n) is 10.1. The summed E-state index contributed by atoms with van der Waals surface area (Å²) in [4.78, 5) is 24.8. The van der Waals surface area contributed by atoms with E-state index in [-0.39, 0.29) is 5.91 Å². The van der Waals surface area contributed by atoms with Crippen molar-refractivity contribution in [3.05, 3.63) is 83.4 Å². The number of thioether (sulfide) groups is 1. The van der Waals surface area contributed by atoms with Gasteiger partial charge in [0.1, 0.15) is 0 Å². The molecular weight excluding hydrogens is 430 g/mol. The van der Waals surface area contributed by atoms with Gasteiger partial charge in [0.05, 0.1) is 18.3 Å². The van der Waals surface area contributed by atoms with Gasteiger partial charge < -0.3 is 4.90 Å². The zero-order valence-corrected chi connectivity index (χ0v) is 18.3. The first kappa shape index (κ1) is 20.0. The average molecular weight is 450 g/mol. The number of benzene rings is 1. The summed E-state index contributed by atoms with van der Waals surface area (Å²) in [5, 5.41) is 6.40. The van der Waals surface area contributed by atoms with Crippen LogP contribution in [0, 0.1) is 0 Å². The molecule has 4 heterocycles. The molecule has 156 valence electrons. The van der Waals surface area contributed by atoms with Crippen molar-refractivity contribution >= 4 is 40.3 Å². The zero-order valence-electron chi connectivity index (χ0n) is 16.7. The molecule has 1 saturated heterocycles. The molecule has 0 bridgehead atoms. The van der Waals surface area contributed by atoms with Crippen molar-refractivity contribution in [2.24, 2.45) is 0 Å². The Bertz CT molecular complexity index is 1230. The Hall–Kier alpha value is -2.90. The Balaban J connectivity index is 1.28. The van der Waals surface area contributed by atoms with Crippen molar-refractivity contribution < 1.29 is 4.79 Å². The Kier molecular flexibility index (Phi) is 5.61. The van der Waals surface area contributed by atoms with Gasteiger partial charge in [0.2, 0.25) is 0 Å². The van der Waals surface area contributed by atoms with E-state index in [2.05, 4.69) is 21.1 Å². The molecule has 3 aromatic heterocycles. The van der Waals surface area contributed by atoms with Gasteiger partial charge in [-0.3, -0.25) is 9.78 Å². The lowest BCUT2D eigenvalue weighted by atomic mass is 10.2. The molecule has 31 heavy (non-hydrogen) atoms. The predicted molar refractivity (Wildman–Crippen MR) is 122 cm³/mol. The fourth-order valence-corrected chi connectivity index (χ4v) is 5.26. The molecule has 4 aromatic rings. The lowest BCUT2D eigenvalue weighted by Gasteiger charge is -2.16. The molecule has 1 aliphatic rings. The largest absolute Gasteiger partial charge is 0.337 e. The number of pyridine rings is 2. The smallest absolute Gasteiger partial charge is 0.255 e. The van der Waals surface area contributed by atoms with Gasteiger partial charge >= 0.3 is 0 Å². The van der Waals surface area contributed by atoms with Crippen LogP contribution in [0.2, 0.25) is 5.02 Å². The molecule has 0 N–H and O–H groups in total. The molecule has 0 spiro atoms. The van der Waals surface area contributed by atoms with Crippen molar-refractivity contribution in [3.8, 4) is 0 Å². The summed E-state index contributed by atoms with van der Waals surface area (Å²) < 4.78 is 1.83. The van der Waals surface area contributed by atoms with E-state index in [0.29, 0.717) is 23.9 Å². The highest BCUT2D eigenvalue weighted by Gasteiger charge is 2.28. The van der Waals surface area contributed by atoms with Crippen LogP contribution >= 0.6 is 23.4 Å². The number of halogens is 1. The van der Waals surface area contributed by atoms with Gasteiger partial charge in [-0.15, -0.1) is 11.8 Å². The average Bonchev–Trinajstić information content (AvgIpc) is 3.41. The summed E-state index contributed by atoms with van der Waals surface area (Å²) in [5.41, 5.74) is 2.41. The highest BCUT2D eigenvalue weighted by Crippen LogP contribution is 2.31. The Morgan fingerprint density at radius 1 is 1.16 bits per heavy atom. The molecule has 1 aliphatic heterocycles. The first-order chi connectivity index (χ1) is 15.2. The Morgan fingerprint density at radius 3 is 2.94 bits per heavy atom. The van der Waals surface area contributed by atoms with E-state index in [0.717, 1.165) is 39.5 Å². The van der Waals surface area contributed by atoms with Crippen molar-refractivity contribution in [1.82, 2.24) is 24.6 Å². The molecule has 1 fully saturated rings. The molecule has 1 unspecified atom stereocenters. The normalized spacial score (nSPS) is 16.2. The van der Waals surface area contributed by atoms with Crippen molar-refractivity contribution in [2.75, 3.05) is 13.1 Å². The van der Waals surface area contributed by atoms with Crippen LogP contribution < -0.4 is 0 Å². The van der Waals surface area contributed by atoms with Gasteiger partial charge in [0, 0.05) is 52.2 Å². The van der Waals surface area contributed by atoms with Crippen molar-refractivity contribution in [3.63, 3.8) is 0 Å². The second kappa shape index (κ2) is 8.69. The van der Waals surface area contributed by atoms with Gasteiger partial charge in [-0.05, 0) is 42.3 Å². The van der Waals surface area contributed by atoms with Crippen LogP contribution in [0.5, 0.6) is 0 Å². The minimum Gasteiger partial charge on any atom is -0.337 e. The topological polar surface area (TPSA) is 63.9 Å². The quantitative estimate of drug-likeness (QED) is 0.447. The maximum absolute atomic E-state index is 13.1. The third-order valence-corrected chi connectivity index (χ3v) is 6.79. The summed E-state index contributed by atoms with van der Waals surface area (Å²) >= 11 is 7.87. The molecule has 0 saturated carbocycles. The number of carbonyl (C=O) groups is 1. The number of nitrogens with zero attached hydrogens (tertiary/aromatic N) is 5. The predicted octanol–water partition coefficient (Wildman–Crippen LogP) is 4.53. The number of aromatic nitrogens is 4. The van der Waals surface area contributed by atoms with Gasteiger partial charge in [0.25, 0.3) is 5.91 Å². The number of hydrogen-bond donors (Lipinski definition) is 0. The maximum atomic E-state index is 13.1. The van der Waals surface area contributed by atoms with Crippen molar-refractivity contribution in [1.29, 1.82) is 0 Å². The van der Waals surface area contributed by atoms with E-state index in [1.54, 1.807) is 30.4 Å². The SMILES string of the molecule is O=C(c1cnc2c(cnn2Cc2cccnc2)c1)N1CCC(Sc2cccc(Cl)c2)C1. The number of hydrogen-bond acceptors (Lipinski definition) is 5. The third kappa shape index (κ3) is 4.43. The number of amides is 1. The van der Waals surface area contributed by atoms with Crippen LogP contribution in [0.25, 0.3) is 11.0 Å². The fraction of sp³-hybridized carbons (Fsp3) is 0.217. The number of rotatable bonds is 5. The molecule has 1 atom stereocenters. The molecular formula is C23H20ClN5OS. The molecule has 1 amide bonds. The Labute approximate surface area is 189 Å². The number of carbonyl (C=O) groups excluding carboxylic acids is 1. The van der Waals surface area contributed by atoms with Crippen LogP contribution in [-0.4, -0.2) is 48.9 Å². The van der Waals surface area contributed by atoms with Crippen LogP contribution in [0.1, 0.15) is 22.3 Å². The molecule has 1 aromatic carbocycles. The lowest BCUT2D eigenvalue weighted by Crippen LogP contribution is -2.29. The van der Waals surface area contributed by atoms with E-state index < -0.39 is 0 Å². The lowest BCUT2D eigenvalue weighted by molar-refractivity contribution is 0.0793. The van der Waals surface area contributed by atoms with E-state index in [9.17, 15) is 4.79 Å². The van der Waals surface area contributed by atoms with E-state index in [4.69, 9.17) is 11.6 Å². The van der Waals surface area contributed by atoms with Crippen LogP contribution in [-0.2, 0) is 6.54 Å². The summed E-state index contributed by atoms with van der Waals surface area (Å²) in [6.45, 7) is 2.05. The van der Waals surface area contributed by atoms with Crippen LogP contribution in [0.4, 0.5) is 0 Å². The Morgan fingerprint density at radius 2 is 2.10 bits per heavy atom. The van der Waals surface area contributed by atoms with Crippen molar-refractivity contribution in [2.45, 2.75) is 23.1 Å². The van der Waals surface area contributed by atoms with Gasteiger partial charge in [-0.25, -0.2) is 9.67 Å². The zero-order chi connectivity index (χ0) is 21.2. The highest BCUT2D eigenvalue weighted by atomic mass is 35.5. The summed E-state index contributed by atoms with van der Waals surface area (Å²) in [7, 11) is 0. The van der Waals surface area contributed by atoms with Gasteiger partial charge in [-0.1, -0.05) is 23.7 Å². The molecule has 8 heteroatoms. The summed E-state index contributed by atoms with van der Waals surface area (Å²) in [6.07, 6.45) is 7.94. The summed E-state index contributed by atoms with van der Waals surface area (Å²) in [5.74, 6) is 0.0172. The second-order valence-electron chi connectivity index (χ2n) is 7.54. The fourth-order valence-electron chi connectivity index (χ4n) is 3.79. The highest BCUT2D eigenvalue weighted by molar-refractivity contribution is 8.00. The molecule has 0 radical (unpaired) electrons. The standard InChI is InChI=1S/C23H20ClN5OS/c24-19-4-1-5-20(10-19)31-21-6-8-28(15-21)23(30)18-9-17-13-27-29(22(17)26-12-18)14-16-3-2-7-25-11-16/h1-5,7,9-13,21H,6,8,14-15H2. The summed E-state index contributed by atoms with van der Waals surface area (Å²) in [6, 6.07) is 13.6. The van der Waals surface area contributed by atoms with E-state index in [1.807, 2.05) is 52.2 Å². The van der Waals surface area contributed by atoms with E-state index in [1.165, 1.54) is 0 Å². The second-order valence-corrected chi connectivity index (χ2v) is 9.35. The molecule has 5 rings (SSSR count). The number of fused-ring (bicyclic) bond motifs is 1. The minimum absolute atomic E-state index is 0.0172. The van der Waals surface area contributed by atoms with Gasteiger partial charge in [0.15, 0.2) is 5.65 Å².